The van der Waals surface area contributed by atoms with E-state index in [4.69, 9.17) is 0 Å². The second kappa shape index (κ2) is 11.0. The largest absolute Gasteiger partial charge is 0.0800 e. The second-order valence-electron chi connectivity index (χ2n) is 14.5. The highest BCUT2D eigenvalue weighted by Gasteiger charge is 2.60. The van der Waals surface area contributed by atoms with Gasteiger partial charge >= 0.3 is 0 Å². The predicted molar refractivity (Wildman–Crippen MR) is 171 cm³/mol. The molecule has 210 valence electrons. The minimum Gasteiger partial charge on any atom is -0.0800 e. The Bertz CT molecular complexity index is 1240. The number of benzene rings is 2. The number of hydrogen-bond donors (Lipinski definition) is 0. The van der Waals surface area contributed by atoms with Crippen LogP contribution in [0, 0.1) is 46.8 Å². The van der Waals surface area contributed by atoms with Crippen LogP contribution in [0.1, 0.15) is 84.3 Å². The lowest BCUT2D eigenvalue weighted by atomic mass is 9.53. The molecule has 0 heterocycles. The molecule has 0 aromatic heterocycles. The van der Waals surface area contributed by atoms with Gasteiger partial charge in [0.25, 0.3) is 0 Å². The van der Waals surface area contributed by atoms with E-state index in [0.717, 1.165) is 5.92 Å². The van der Waals surface area contributed by atoms with Crippen molar-refractivity contribution in [2.24, 2.45) is 46.8 Å². The Labute approximate surface area is 244 Å². The first kappa shape index (κ1) is 27.6. The fourth-order valence-corrected chi connectivity index (χ4v) is 9.36. The standard InChI is InChI=1S/C40H50/c1-6-7-14-29-20-21-33(26-29)40(30-15-10-8-11-16-30,31-17-12-9-13-18-31)38-36-25-28(2)19-23-34(36)35-24-22-32(27-37(35)38)39(3,4)5/h8-13,15-19,22-25,27,29,33-38H,6-7,14,20-21,26H2,1-5H3. The number of hydrogen-bond acceptors (Lipinski definition) is 0. The van der Waals surface area contributed by atoms with Gasteiger partial charge in [0.15, 0.2) is 0 Å². The van der Waals surface area contributed by atoms with E-state index in [1.54, 1.807) is 11.1 Å². The van der Waals surface area contributed by atoms with Gasteiger partial charge in [-0.2, -0.15) is 0 Å². The summed E-state index contributed by atoms with van der Waals surface area (Å²) in [6.45, 7) is 11.8. The second-order valence-corrected chi connectivity index (χ2v) is 14.5. The third kappa shape index (κ3) is 4.70. The maximum absolute atomic E-state index is 2.74. The molecule has 0 heteroatoms. The quantitative estimate of drug-likeness (QED) is 0.334. The topological polar surface area (TPSA) is 0 Å². The smallest absolute Gasteiger partial charge is 0.0270 e. The van der Waals surface area contributed by atoms with Gasteiger partial charge in [0.2, 0.25) is 0 Å². The Morgan fingerprint density at radius 2 is 1.32 bits per heavy atom. The SMILES string of the molecule is CCCCC1CCC(C(c2ccccc2)(c2ccccc2)C2C3C=C(C)C=CC3C3C=CC(C(C)(C)C)=CC32)C1. The van der Waals surface area contributed by atoms with Crippen molar-refractivity contribution in [1.29, 1.82) is 0 Å². The van der Waals surface area contributed by atoms with E-state index in [1.807, 2.05) is 0 Å². The van der Waals surface area contributed by atoms with E-state index in [2.05, 4.69) is 132 Å². The number of allylic oxidation sites excluding steroid dienone is 8. The first-order valence-electron chi connectivity index (χ1n) is 16.2. The van der Waals surface area contributed by atoms with Gasteiger partial charge in [0.05, 0.1) is 0 Å². The van der Waals surface area contributed by atoms with Gasteiger partial charge in [-0.3, -0.25) is 0 Å². The Hall–Kier alpha value is -2.60. The van der Waals surface area contributed by atoms with Crippen molar-refractivity contribution in [3.05, 3.63) is 119 Å². The number of unbranched alkanes of at least 4 members (excludes halogenated alkanes) is 1. The predicted octanol–water partition coefficient (Wildman–Crippen LogP) is 10.7. The number of rotatable bonds is 7. The maximum Gasteiger partial charge on any atom is 0.0270 e. The maximum atomic E-state index is 2.74. The van der Waals surface area contributed by atoms with Crippen molar-refractivity contribution >= 4 is 0 Å². The molecule has 2 fully saturated rings. The first-order valence-corrected chi connectivity index (χ1v) is 16.2. The molecule has 0 saturated heterocycles. The molecule has 4 aliphatic carbocycles. The minimum absolute atomic E-state index is 0.0154. The highest BCUT2D eigenvalue weighted by molar-refractivity contribution is 5.47. The van der Waals surface area contributed by atoms with Gasteiger partial charge in [0.1, 0.15) is 0 Å². The fraction of sp³-hybridized carbons (Fsp3) is 0.500. The summed E-state index contributed by atoms with van der Waals surface area (Å²) in [5.74, 6) is 4.22. The Kier molecular flexibility index (Phi) is 7.58. The van der Waals surface area contributed by atoms with Crippen LogP contribution in [0.25, 0.3) is 0 Å². The lowest BCUT2D eigenvalue weighted by molar-refractivity contribution is 0.154. The van der Waals surface area contributed by atoms with Crippen LogP contribution in [0.2, 0.25) is 0 Å². The summed E-state index contributed by atoms with van der Waals surface area (Å²) < 4.78 is 0. The van der Waals surface area contributed by atoms with Crippen LogP contribution < -0.4 is 0 Å². The van der Waals surface area contributed by atoms with Crippen molar-refractivity contribution in [3.63, 3.8) is 0 Å². The molecule has 0 nitrogen and oxygen atoms in total. The highest BCUT2D eigenvalue weighted by atomic mass is 14.6. The number of fused-ring (bicyclic) bond motifs is 3. The van der Waals surface area contributed by atoms with Crippen LogP contribution in [0.5, 0.6) is 0 Å². The zero-order valence-electron chi connectivity index (χ0n) is 25.5. The van der Waals surface area contributed by atoms with Crippen LogP contribution in [0.3, 0.4) is 0 Å². The van der Waals surface area contributed by atoms with E-state index < -0.39 is 0 Å². The van der Waals surface area contributed by atoms with Crippen LogP contribution >= 0.6 is 0 Å². The summed E-state index contributed by atoms with van der Waals surface area (Å²) in [6.07, 6.45) is 23.7. The van der Waals surface area contributed by atoms with Crippen LogP contribution in [0.15, 0.2) is 108 Å². The lowest BCUT2D eigenvalue weighted by Gasteiger charge is -2.50. The van der Waals surface area contributed by atoms with E-state index in [1.165, 1.54) is 49.7 Å². The van der Waals surface area contributed by atoms with Crippen molar-refractivity contribution < 1.29 is 0 Å². The van der Waals surface area contributed by atoms with Crippen LogP contribution in [-0.2, 0) is 5.41 Å². The molecule has 7 atom stereocenters. The fourth-order valence-electron chi connectivity index (χ4n) is 9.36. The molecule has 0 radical (unpaired) electrons. The molecule has 2 saturated carbocycles. The molecule has 0 amide bonds. The summed E-state index contributed by atoms with van der Waals surface area (Å²) in [5, 5.41) is 0. The normalized spacial score (nSPS) is 31.5. The molecule has 4 aliphatic rings. The summed E-state index contributed by atoms with van der Waals surface area (Å²) >= 11 is 0. The average molecular weight is 531 g/mol. The molecule has 6 rings (SSSR count). The van der Waals surface area contributed by atoms with Crippen LogP contribution in [-0.4, -0.2) is 0 Å². The Balaban J connectivity index is 1.60. The van der Waals surface area contributed by atoms with Gasteiger partial charge < -0.3 is 0 Å². The Morgan fingerprint density at radius 3 is 1.93 bits per heavy atom. The minimum atomic E-state index is -0.0154. The van der Waals surface area contributed by atoms with Gasteiger partial charge in [-0.15, -0.1) is 0 Å². The van der Waals surface area contributed by atoms with E-state index in [0.29, 0.717) is 35.5 Å². The molecule has 7 unspecified atom stereocenters. The zero-order chi connectivity index (χ0) is 27.9. The molecule has 0 N–H and O–H groups in total. The summed E-state index contributed by atoms with van der Waals surface area (Å²) in [4.78, 5) is 0. The summed E-state index contributed by atoms with van der Waals surface area (Å²) in [6, 6.07) is 23.6. The van der Waals surface area contributed by atoms with Gasteiger partial charge in [-0.1, -0.05) is 156 Å². The highest BCUT2D eigenvalue weighted by Crippen LogP contribution is 2.65. The third-order valence-corrected chi connectivity index (χ3v) is 11.1. The van der Waals surface area contributed by atoms with Gasteiger partial charge in [-0.25, -0.2) is 0 Å². The zero-order valence-corrected chi connectivity index (χ0v) is 25.5. The average Bonchev–Trinajstić information content (AvgIpc) is 3.56. The lowest BCUT2D eigenvalue weighted by Crippen LogP contribution is -2.47. The van der Waals surface area contributed by atoms with Crippen LogP contribution in [0.4, 0.5) is 0 Å². The van der Waals surface area contributed by atoms with E-state index in [-0.39, 0.29) is 10.8 Å². The monoisotopic (exact) mass is 530 g/mol. The van der Waals surface area contributed by atoms with E-state index in [9.17, 15) is 0 Å². The molecule has 0 spiro atoms. The third-order valence-electron chi connectivity index (χ3n) is 11.1. The Morgan fingerprint density at radius 1 is 0.725 bits per heavy atom. The molecular weight excluding hydrogens is 480 g/mol. The summed E-state index contributed by atoms with van der Waals surface area (Å²) in [5.41, 5.74) is 6.20. The molecule has 0 bridgehead atoms. The van der Waals surface area contributed by atoms with Gasteiger partial charge in [-0.05, 0) is 83.3 Å². The van der Waals surface area contributed by atoms with Crippen molar-refractivity contribution in [2.75, 3.05) is 0 Å². The van der Waals surface area contributed by atoms with Crippen molar-refractivity contribution in [1.82, 2.24) is 0 Å². The van der Waals surface area contributed by atoms with Gasteiger partial charge in [0, 0.05) is 5.41 Å². The summed E-state index contributed by atoms with van der Waals surface area (Å²) in [7, 11) is 0. The molecule has 2 aromatic rings. The van der Waals surface area contributed by atoms with E-state index >= 15 is 0 Å². The van der Waals surface area contributed by atoms with Crippen molar-refractivity contribution in [2.45, 2.75) is 78.6 Å². The van der Waals surface area contributed by atoms with Crippen molar-refractivity contribution in [3.8, 4) is 0 Å². The molecule has 40 heavy (non-hydrogen) atoms. The molecule has 0 aliphatic heterocycles. The molecule has 2 aromatic carbocycles. The molecular formula is C40H50. The first-order chi connectivity index (χ1) is 19.3.